The molecule has 0 amide bonds. The molecule has 0 aliphatic rings. The maximum absolute atomic E-state index is 10.7. The van der Waals surface area contributed by atoms with Crippen LogP contribution in [-0.4, -0.2) is 410 Å². The van der Waals surface area contributed by atoms with E-state index in [0.29, 0.717) is 151 Å². The van der Waals surface area contributed by atoms with Crippen LogP contribution in [0.25, 0.3) is 0 Å². The van der Waals surface area contributed by atoms with Crippen molar-refractivity contribution in [3.63, 3.8) is 0 Å². The number of rotatable bonds is 48. The van der Waals surface area contributed by atoms with Gasteiger partial charge >= 0.3 is 137 Å². The topological polar surface area (TPSA) is 1680 Å². The number of hydrogen-bond acceptors (Lipinski definition) is 68. The van der Waals surface area contributed by atoms with Gasteiger partial charge in [0, 0.05) is 52.4 Å². The van der Waals surface area contributed by atoms with Crippen molar-refractivity contribution in [3.05, 3.63) is 46.6 Å². The zero-order valence-corrected chi connectivity index (χ0v) is 88.0. The summed E-state index contributed by atoms with van der Waals surface area (Å²) in [4.78, 5) is 13.9. The van der Waals surface area contributed by atoms with Gasteiger partial charge in [-0.05, 0) is 52.4 Å². The van der Waals surface area contributed by atoms with Crippen molar-refractivity contribution in [2.24, 2.45) is 0 Å². The van der Waals surface area contributed by atoms with Crippen molar-refractivity contribution < 1.29 is 510 Å². The molecule has 38 N–H and O–H groups in total. The van der Waals surface area contributed by atoms with Gasteiger partial charge in [0.25, 0.3) is 0 Å². The summed E-state index contributed by atoms with van der Waals surface area (Å²) in [6, 6.07) is 0. The Kier molecular flexibility index (Phi) is 186. The van der Waals surface area contributed by atoms with Crippen molar-refractivity contribution in [2.75, 3.05) is 234 Å². The van der Waals surface area contributed by atoms with Gasteiger partial charge < -0.3 is 165 Å². The molecule has 4 rings (SSSR count). The van der Waals surface area contributed by atoms with Gasteiger partial charge in [0.15, 0.2) is 46.6 Å². The summed E-state index contributed by atoms with van der Waals surface area (Å²) in [5.74, 6) is 27.6. The van der Waals surface area contributed by atoms with Crippen LogP contribution < -0.4 is 213 Å². The molecule has 8 radical (unpaired) electrons. The largest absolute Gasteiger partial charge is 2.00 e. The Labute approximate surface area is 934 Å². The molecular weight excluding hydrogens is 2650 g/mol. The van der Waals surface area contributed by atoms with E-state index in [1.54, 1.807) is 39.2 Å². The Bertz CT molecular complexity index is 2530. The van der Waals surface area contributed by atoms with E-state index >= 15 is 0 Å². The molecule has 0 aliphatic heterocycles. The third-order valence-electron chi connectivity index (χ3n) is 12.9. The van der Waals surface area contributed by atoms with E-state index in [0.717, 1.165) is 0 Å². The van der Waals surface area contributed by atoms with Crippen LogP contribution in [0.5, 0.6) is 0 Å². The number of nitrogens with zero attached hydrogens (tertiary/aromatic N) is 20. The van der Waals surface area contributed by atoms with Gasteiger partial charge in [0.1, 0.15) is 0 Å². The van der Waals surface area contributed by atoms with Crippen molar-refractivity contribution in [2.45, 2.75) is 52.4 Å². The normalized spacial score (nSPS) is 10.3. The summed E-state index contributed by atoms with van der Waals surface area (Å²) >= 11 is 0. The Morgan fingerprint density at radius 1 is 0.163 bits per heavy atom. The first kappa shape index (κ1) is 217. The smallest absolute Gasteiger partial charge is 0.854 e. The van der Waals surface area contributed by atoms with Crippen LogP contribution >= 0.6 is 0 Å². The summed E-state index contributed by atoms with van der Waals surface area (Å²) in [5.41, 5.74) is 0. The SMILES string of the molecule is Nn1c(CN(CC[O-])CCO)nnc1CN(CC[O-])CCO.Nn1c(CN(CC[O-])CCO)nnc1CN(CC[O-])CCO.Nn1c(CN(CC[O-])CCO)nnc1CN(CC[O-])CCO.Nn1c(CN(CC[O-])CCO)nnc1CN(CC[O-])CCO.O.O.O.O.O.O.O.O.O.O.O.[Cu+2].[Cu+2].[Cu+2].[Cu+2].[Cu+2].[Cu+2].[Cu+2].[Cu+2].[O-][Cl+3]([O-])([O-])[O-].[O-][Cl+3]([O-])([O-])[O-].[O-][Cl+3]([O-])([O-])[O-].[O-][Cl+3]([O-])([O-])[O-].[O-][Cl+3]([O-])([O-])[O-].[O-][Cl+3]([O-])([O-])[O-].[O-][Cl+3]([O-])([O-])[O-].[O-][Cl+3]([O-])([O-])[O-]. The average Bonchev–Trinajstić information content (AvgIpc) is 1.73. The van der Waals surface area contributed by atoms with E-state index < -0.39 is 81.9 Å². The second-order valence-corrected chi connectivity index (χ2v) is 28.3. The Hall–Kier alpha value is -0.444. The fraction of sp³-hybridized carbons (Fsp3) is 0.833. The molecule has 0 fully saturated rings. The Morgan fingerprint density at radius 2 is 0.224 bits per heavy atom. The molecule has 0 bridgehead atoms. The van der Waals surface area contributed by atoms with E-state index in [-0.39, 0.29) is 355 Å². The molecule has 0 unspecified atom stereocenters. The standard InChI is InChI=1S/4C12H24N6O4.8ClHO4.8Cu.11H2O/c4*13-18-11(9-16(1-5-19)2-6-20)14-15-12(18)10-17(3-7-21)4-8-22;8*2-1(3,4)5;;;;;;;;;;;;;;;;;;;/h4*19,21H,1-10,13H2;8*(H,2,3,4,5);;;;;;;;;11*1H2/q4*-2;;;;;;;;;8*+2;;;;;;;;;;;/p-8. The van der Waals surface area contributed by atoms with E-state index in [1.807, 2.05) is 0 Å². The summed E-state index contributed by atoms with van der Waals surface area (Å²) in [5, 5.41) is 190. The molecule has 99 heteroatoms. The molecule has 4 aromatic heterocycles. The number of aliphatic hydroxyl groups excluding tert-OH is 8. The Balaban J connectivity index is -0.0000000446. The first-order chi connectivity index (χ1) is 58.6. The van der Waals surface area contributed by atoms with Gasteiger partial charge in [0.05, 0.1) is 105 Å². The number of halogens is 8. The van der Waals surface area contributed by atoms with Crippen molar-refractivity contribution >= 4 is 0 Å². The average molecular weight is 2770 g/mol. The number of nitrogens with two attached hydrogens (primary N) is 4. The summed E-state index contributed by atoms with van der Waals surface area (Å²) in [7, 11) is -39.6. The third-order valence-corrected chi connectivity index (χ3v) is 12.9. The van der Waals surface area contributed by atoms with Gasteiger partial charge in [-0.25, -0.2) is 168 Å². The monoisotopic (exact) mass is 2760 g/mol. The minimum Gasteiger partial charge on any atom is -0.854 e. The van der Waals surface area contributed by atoms with E-state index in [1.165, 1.54) is 18.7 Å². The summed E-state index contributed by atoms with van der Waals surface area (Å²) < 4.78 is 277. The number of nitrogen functional groups attached to an aromatic ring is 4. The second kappa shape index (κ2) is 126. The molecule has 4 aromatic rings. The van der Waals surface area contributed by atoms with Crippen LogP contribution in [0.1, 0.15) is 46.6 Å². The van der Waals surface area contributed by atoms with Crippen molar-refractivity contribution in [3.8, 4) is 0 Å². The van der Waals surface area contributed by atoms with Crippen LogP contribution in [0, 0.1) is 81.9 Å². The fourth-order valence-corrected chi connectivity index (χ4v) is 8.23. The number of hydrogen-bond donors (Lipinski definition) is 12. The molecule has 147 heavy (non-hydrogen) atoms. The van der Waals surface area contributed by atoms with Crippen LogP contribution in [0.4, 0.5) is 0 Å². The predicted molar refractivity (Wildman–Crippen MR) is 338 cm³/mol. The molecule has 0 spiro atoms. The minimum absolute atomic E-state index is 0. The van der Waals surface area contributed by atoms with E-state index in [4.69, 9.17) is 213 Å². The van der Waals surface area contributed by atoms with Gasteiger partial charge in [-0.3, -0.25) is 39.2 Å². The van der Waals surface area contributed by atoms with Crippen LogP contribution in [-0.2, 0) is 189 Å². The van der Waals surface area contributed by atoms with Crippen molar-refractivity contribution in [1.82, 2.24) is 98.7 Å². The quantitative estimate of drug-likeness (QED) is 0.0144. The van der Waals surface area contributed by atoms with Gasteiger partial charge in [0.2, 0.25) is 0 Å². The van der Waals surface area contributed by atoms with Crippen molar-refractivity contribution in [1.29, 1.82) is 0 Å². The predicted octanol–water partition coefficient (Wildman–Crippen LogP) is -65.9. The summed E-state index contributed by atoms with van der Waals surface area (Å²) in [6.45, 7) is 4.99. The van der Waals surface area contributed by atoms with Crippen LogP contribution in [0.2, 0.25) is 0 Å². The molecule has 4 heterocycles. The van der Waals surface area contributed by atoms with Crippen LogP contribution in [0.3, 0.4) is 0 Å². The Morgan fingerprint density at radius 3 is 0.272 bits per heavy atom. The maximum atomic E-state index is 10.7. The molecule has 928 valence electrons. The van der Waals surface area contributed by atoms with Crippen LogP contribution in [0.15, 0.2) is 0 Å². The molecule has 83 nitrogen and oxygen atoms in total. The minimum atomic E-state index is -4.94. The van der Waals surface area contributed by atoms with E-state index in [2.05, 4.69) is 40.8 Å². The van der Waals surface area contributed by atoms with Gasteiger partial charge in [-0.15, -0.1) is 176 Å². The van der Waals surface area contributed by atoms with E-state index in [9.17, 15) is 40.9 Å². The fourth-order valence-electron chi connectivity index (χ4n) is 8.23. The first-order valence-electron chi connectivity index (χ1n) is 33.6. The molecule has 0 atom stereocenters. The zero-order valence-electron chi connectivity index (χ0n) is 74.4. The number of aromatic nitrogens is 12. The van der Waals surface area contributed by atoms with Gasteiger partial charge in [-0.2, -0.15) is 0 Å². The molecule has 0 saturated carbocycles. The van der Waals surface area contributed by atoms with Gasteiger partial charge in [-0.1, -0.05) is 0 Å². The molecular formula is C48H118Cl8Cu8N24O59. The molecule has 0 aliphatic carbocycles. The first-order valence-corrected chi connectivity index (χ1v) is 43.5. The zero-order chi connectivity index (χ0) is 101. The second-order valence-electron chi connectivity index (χ2n) is 22.3. The molecule has 0 aromatic carbocycles. The summed E-state index contributed by atoms with van der Waals surface area (Å²) in [6.07, 6.45) is 0. The third kappa shape index (κ3) is 173. The maximum Gasteiger partial charge on any atom is 2.00 e. The number of aliphatic hydroxyl groups is 8. The molecule has 0 saturated heterocycles.